The lowest BCUT2D eigenvalue weighted by molar-refractivity contribution is 0.0775. The smallest absolute Gasteiger partial charge is 0.376 e. The van der Waals surface area contributed by atoms with E-state index in [9.17, 15) is 15.2 Å². The van der Waals surface area contributed by atoms with Crippen LogP contribution >= 0.6 is 0 Å². The van der Waals surface area contributed by atoms with Crippen molar-refractivity contribution < 1.29 is 24.7 Å². The number of nitrogens with one attached hydrogen (secondary N) is 1. The Morgan fingerprint density at radius 2 is 1.25 bits per heavy atom. The lowest BCUT2D eigenvalue weighted by Crippen LogP contribution is -2.41. The number of hydrogen-bond donors (Lipinski definition) is 4. The minimum atomic E-state index is -0.925. The van der Waals surface area contributed by atoms with E-state index in [1.165, 1.54) is 55.8 Å². The molecule has 10 heteroatoms. The number of piperidine rings is 2. The van der Waals surface area contributed by atoms with Gasteiger partial charge in [-0.2, -0.15) is 0 Å². The van der Waals surface area contributed by atoms with E-state index in [0.717, 1.165) is 111 Å². The van der Waals surface area contributed by atoms with Crippen molar-refractivity contribution in [1.82, 2.24) is 20.1 Å². The largest absolute Gasteiger partial charge is 0.496 e. The summed E-state index contributed by atoms with van der Waals surface area (Å²) in [5.41, 5.74) is 14.8. The maximum atomic E-state index is 10.5. The molecule has 2 fully saturated rings. The number of hydrogen-bond acceptors (Lipinski definition) is 9. The van der Waals surface area contributed by atoms with Crippen molar-refractivity contribution in [3.05, 3.63) is 121 Å². The molecule has 0 saturated carbocycles. The Bertz CT molecular complexity index is 2190. The molecule has 0 spiro atoms. The topological polar surface area (TPSA) is 120 Å². The summed E-state index contributed by atoms with van der Waals surface area (Å²) in [7, 11) is 3.10. The van der Waals surface area contributed by atoms with Crippen molar-refractivity contribution in [2.45, 2.75) is 117 Å². The molecule has 4 aromatic rings. The highest BCUT2D eigenvalue weighted by atomic mass is 16.5. The summed E-state index contributed by atoms with van der Waals surface area (Å²) in [6.07, 6.45) is 11.5. The van der Waals surface area contributed by atoms with Gasteiger partial charge in [0.25, 0.3) is 0 Å². The number of benzene rings is 2. The molecule has 8 rings (SSSR count). The summed E-state index contributed by atoms with van der Waals surface area (Å²) in [6, 6.07) is 13.2. The van der Waals surface area contributed by atoms with Crippen molar-refractivity contribution in [2.75, 3.05) is 40.4 Å². The van der Waals surface area contributed by atoms with Crippen molar-refractivity contribution in [2.24, 2.45) is 5.92 Å². The van der Waals surface area contributed by atoms with Gasteiger partial charge >= 0.3 is 7.05 Å². The first-order chi connectivity index (χ1) is 28.1. The van der Waals surface area contributed by atoms with Crippen molar-refractivity contribution >= 4 is 12.6 Å². The molecule has 4 N–H and O–H groups in total. The van der Waals surface area contributed by atoms with Crippen LogP contribution in [0.2, 0.25) is 6.82 Å². The maximum absolute atomic E-state index is 10.5. The molecule has 4 aliphatic rings. The van der Waals surface area contributed by atoms with Gasteiger partial charge in [0.15, 0.2) is 0 Å². The number of fused-ring (bicyclic) bond motifs is 4. The minimum Gasteiger partial charge on any atom is -0.496 e. The molecule has 2 aromatic heterocycles. The Kier molecular flexibility index (Phi) is 12.8. The van der Waals surface area contributed by atoms with Gasteiger partial charge in [0.05, 0.1) is 36.8 Å². The molecule has 4 heterocycles. The lowest BCUT2D eigenvalue weighted by Gasteiger charge is -2.33. The van der Waals surface area contributed by atoms with Gasteiger partial charge in [-0.25, -0.2) is 0 Å². The second-order valence-electron chi connectivity index (χ2n) is 18.4. The predicted octanol–water partition coefficient (Wildman–Crippen LogP) is 7.59. The standard InChI is InChI=1S/C25H33BN2O3.C24H32N2O2/c1-16-12-18-6-7-19-14-20(25(2,3)29)15-27-24(19)23(22(18)21(13-16)31-5)17-8-10-28(11-9-17)26(4)30;1-15-11-17-5-6-18-13-19(24(2,3)27)14-26-23(18)22(16-7-9-25-10-8-16)21(17)20(12-15)28-4/h12-15,29-30H,6-11H2,1-5H3;11-14,16,22,25,27H,5-10H2,1-4H3. The van der Waals surface area contributed by atoms with E-state index in [1.807, 2.05) is 33.1 Å². The normalized spacial score (nSPS) is 18.6. The molecule has 0 bridgehead atoms. The van der Waals surface area contributed by atoms with Gasteiger partial charge in [-0.05, 0) is 189 Å². The Balaban J connectivity index is 0.000000180. The molecule has 2 saturated heterocycles. The quantitative estimate of drug-likeness (QED) is 0.146. The van der Waals surface area contributed by atoms with Crippen molar-refractivity contribution in [3.8, 4) is 11.5 Å². The fourth-order valence-corrected chi connectivity index (χ4v) is 9.82. The van der Waals surface area contributed by atoms with Crippen LogP contribution in [0, 0.1) is 19.8 Å². The van der Waals surface area contributed by atoms with Gasteiger partial charge in [0, 0.05) is 46.1 Å². The number of aliphatic hydroxyl groups is 2. The molecule has 2 aromatic carbocycles. The third-order valence-corrected chi connectivity index (χ3v) is 13.1. The van der Waals surface area contributed by atoms with Crippen LogP contribution in [0.1, 0.15) is 126 Å². The van der Waals surface area contributed by atoms with Crippen LogP contribution in [0.15, 0.2) is 54.4 Å². The molecule has 9 nitrogen and oxygen atoms in total. The van der Waals surface area contributed by atoms with Crippen LogP contribution in [-0.4, -0.2) is 77.5 Å². The number of nitrogens with zero attached hydrogens (tertiary/aromatic N) is 3. The first-order valence-electron chi connectivity index (χ1n) is 21.7. The molecule has 0 amide bonds. The van der Waals surface area contributed by atoms with Gasteiger partial charge in [0.2, 0.25) is 0 Å². The van der Waals surface area contributed by atoms with E-state index in [0.29, 0.717) is 5.92 Å². The molecule has 1 atom stereocenters. The zero-order valence-corrected chi connectivity index (χ0v) is 36.8. The van der Waals surface area contributed by atoms with E-state index < -0.39 is 18.3 Å². The third-order valence-electron chi connectivity index (χ3n) is 13.1. The zero-order valence-electron chi connectivity index (χ0n) is 36.8. The van der Waals surface area contributed by atoms with Crippen LogP contribution in [0.5, 0.6) is 11.5 Å². The summed E-state index contributed by atoms with van der Waals surface area (Å²) in [6.45, 7) is 17.1. The fraction of sp³-hybridized carbons (Fsp3) is 0.510. The van der Waals surface area contributed by atoms with Crippen LogP contribution in [0.4, 0.5) is 0 Å². The summed E-state index contributed by atoms with van der Waals surface area (Å²) < 4.78 is 11.7. The molecular formula is C49H65BN4O5. The Hall–Kier alpha value is -4.06. The molecule has 1 unspecified atom stereocenters. The molecule has 59 heavy (non-hydrogen) atoms. The number of aryl methyl sites for hydroxylation is 6. The molecule has 2 aliphatic heterocycles. The minimum absolute atomic E-state index is 0.251. The number of rotatable bonds is 6. The second kappa shape index (κ2) is 17.5. The average molecular weight is 801 g/mol. The summed E-state index contributed by atoms with van der Waals surface area (Å²) in [5, 5.41) is 34.6. The van der Waals surface area contributed by atoms with Gasteiger partial charge in [0.1, 0.15) is 11.5 Å². The molecule has 2 aliphatic carbocycles. The van der Waals surface area contributed by atoms with Gasteiger partial charge in [-0.3, -0.25) is 9.97 Å². The fourth-order valence-electron chi connectivity index (χ4n) is 9.82. The predicted molar refractivity (Wildman–Crippen MR) is 237 cm³/mol. The van der Waals surface area contributed by atoms with Gasteiger partial charge in [-0.15, -0.1) is 0 Å². The SMILES string of the molecule is COc1cc(C)cc2c1C(=C1CCN(B(C)O)CC1)c1ncc(C(C)(C)O)cc1CC2.COc1cc(C)cc2c1C(C1CCNCC1)c1ncc(C(C)(C)O)cc1CC2. The van der Waals surface area contributed by atoms with E-state index in [4.69, 9.17) is 19.4 Å². The molecule has 314 valence electrons. The highest BCUT2D eigenvalue weighted by Crippen LogP contribution is 2.47. The van der Waals surface area contributed by atoms with E-state index in [1.54, 1.807) is 28.1 Å². The third kappa shape index (κ3) is 9.18. The zero-order chi connectivity index (χ0) is 42.2. The van der Waals surface area contributed by atoms with Crippen molar-refractivity contribution in [1.29, 1.82) is 0 Å². The van der Waals surface area contributed by atoms with Crippen molar-refractivity contribution in [3.63, 3.8) is 0 Å². The first-order valence-corrected chi connectivity index (χ1v) is 21.7. The summed E-state index contributed by atoms with van der Waals surface area (Å²) in [4.78, 5) is 12.0. The van der Waals surface area contributed by atoms with Crippen LogP contribution < -0.4 is 14.8 Å². The maximum Gasteiger partial charge on any atom is 0.376 e. The van der Waals surface area contributed by atoms with Crippen LogP contribution in [0.3, 0.4) is 0 Å². The van der Waals surface area contributed by atoms with Gasteiger partial charge < -0.3 is 34.8 Å². The Morgan fingerprint density at radius 1 is 0.712 bits per heavy atom. The first kappa shape index (κ1) is 43.0. The number of ether oxygens (including phenoxy) is 2. The summed E-state index contributed by atoms with van der Waals surface area (Å²) >= 11 is 0. The number of methoxy groups -OCH3 is 2. The van der Waals surface area contributed by atoms with Crippen LogP contribution in [0.25, 0.3) is 5.57 Å². The van der Waals surface area contributed by atoms with E-state index in [-0.39, 0.29) is 5.92 Å². The number of pyridine rings is 2. The van der Waals surface area contributed by atoms with Gasteiger partial charge in [-0.1, -0.05) is 17.7 Å². The monoisotopic (exact) mass is 801 g/mol. The lowest BCUT2D eigenvalue weighted by atomic mass is 9.76. The van der Waals surface area contributed by atoms with E-state index >= 15 is 0 Å². The highest BCUT2D eigenvalue weighted by molar-refractivity contribution is 6.45. The van der Waals surface area contributed by atoms with Crippen LogP contribution in [-0.2, 0) is 36.9 Å². The molecular weight excluding hydrogens is 735 g/mol. The second-order valence-corrected chi connectivity index (χ2v) is 18.4. The number of aromatic nitrogens is 2. The molecule has 0 radical (unpaired) electrons. The average Bonchev–Trinajstić information content (AvgIpc) is 3.47. The van der Waals surface area contributed by atoms with E-state index in [2.05, 4.69) is 60.4 Å². The summed E-state index contributed by atoms with van der Waals surface area (Å²) in [5.74, 6) is 2.70. The Labute approximate surface area is 352 Å². The Morgan fingerprint density at radius 3 is 1.86 bits per heavy atom. The highest BCUT2D eigenvalue weighted by Gasteiger charge is 2.36.